The molecule has 3 saturated heterocycles. The van der Waals surface area contributed by atoms with E-state index in [0.29, 0.717) is 129 Å². The fourth-order valence-corrected chi connectivity index (χ4v) is 24.2. The lowest BCUT2D eigenvalue weighted by Crippen LogP contribution is -2.49. The summed E-state index contributed by atoms with van der Waals surface area (Å²) in [5.41, 5.74) is 12.0. The Labute approximate surface area is 784 Å². The van der Waals surface area contributed by atoms with E-state index in [0.717, 1.165) is 119 Å². The molecular weight excluding hydrogens is 1840 g/mol. The van der Waals surface area contributed by atoms with Gasteiger partial charge in [0.2, 0.25) is 67.5 Å². The number of piperazine rings is 3. The zero-order valence-electron chi connectivity index (χ0n) is 72.3. The molecule has 0 bridgehead atoms. The van der Waals surface area contributed by atoms with Crippen molar-refractivity contribution in [1.82, 2.24) is 74.2 Å². The highest BCUT2D eigenvalue weighted by molar-refractivity contribution is 7.99. The van der Waals surface area contributed by atoms with Crippen LogP contribution in [0.5, 0.6) is 0 Å². The average molecular weight is 1930 g/mol. The molecule has 3 fully saturated rings. The van der Waals surface area contributed by atoms with Crippen LogP contribution in [0.1, 0.15) is 87.3 Å². The van der Waals surface area contributed by atoms with Crippen molar-refractivity contribution in [3.05, 3.63) is 197 Å². The van der Waals surface area contributed by atoms with Crippen molar-refractivity contribution in [2.45, 2.75) is 89.8 Å². The van der Waals surface area contributed by atoms with Crippen LogP contribution >= 0.6 is 80.6 Å². The van der Waals surface area contributed by atoms with E-state index in [1.165, 1.54) is 74.6 Å². The summed E-state index contributed by atoms with van der Waals surface area (Å²) in [5.74, 6) is 4.00. The summed E-state index contributed by atoms with van der Waals surface area (Å²) >= 11 is 11.3. The number of fused-ring (bicyclic) bond motifs is 12. The molecule has 0 unspecified atom stereocenters. The van der Waals surface area contributed by atoms with Gasteiger partial charge in [0.05, 0.1) is 61.7 Å². The van der Waals surface area contributed by atoms with Crippen LogP contribution in [0.3, 0.4) is 0 Å². The number of nitrogens with one attached hydrogen (secondary N) is 5. The molecule has 0 radical (unpaired) electrons. The second kappa shape index (κ2) is 39.6. The Balaban J connectivity index is 0.000000128. The third kappa shape index (κ3) is 22.1. The summed E-state index contributed by atoms with van der Waals surface area (Å²) < 4.78 is 47.6. The van der Waals surface area contributed by atoms with E-state index in [4.69, 9.17) is 20.2 Å². The summed E-state index contributed by atoms with van der Waals surface area (Å²) in [6.07, 6.45) is 7.15. The van der Waals surface area contributed by atoms with E-state index in [2.05, 4.69) is 106 Å². The summed E-state index contributed by atoms with van der Waals surface area (Å²) in [4.78, 5) is 145. The van der Waals surface area contributed by atoms with Gasteiger partial charge >= 0.3 is 0 Å². The number of aromatic nitrogens is 8. The maximum absolute atomic E-state index is 13.2. The summed E-state index contributed by atoms with van der Waals surface area (Å²) in [7, 11) is -3.52. The van der Waals surface area contributed by atoms with Gasteiger partial charge in [-0.3, -0.25) is 33.6 Å². The van der Waals surface area contributed by atoms with Crippen LogP contribution in [-0.4, -0.2) is 225 Å². The number of thioether (sulfide) groups is 3. The van der Waals surface area contributed by atoms with E-state index in [-0.39, 0.29) is 51.1 Å². The van der Waals surface area contributed by atoms with Crippen LogP contribution in [0, 0.1) is 13.8 Å². The van der Waals surface area contributed by atoms with E-state index in [1.54, 1.807) is 141 Å². The Hall–Kier alpha value is -11.9. The van der Waals surface area contributed by atoms with Crippen molar-refractivity contribution < 1.29 is 50.4 Å². The summed E-state index contributed by atoms with van der Waals surface area (Å²) in [5, 5.41) is 27.9. The van der Waals surface area contributed by atoms with Gasteiger partial charge in [0.15, 0.2) is 0 Å². The first-order valence-corrected chi connectivity index (χ1v) is 50.7. The van der Waals surface area contributed by atoms with Gasteiger partial charge in [0.1, 0.15) is 0 Å². The number of thiophene rings is 4. The number of aryl methyl sites for hydroxylation is 2. The molecule has 0 saturated carbocycles. The van der Waals surface area contributed by atoms with Crippen molar-refractivity contribution in [1.29, 1.82) is 0 Å². The van der Waals surface area contributed by atoms with Crippen LogP contribution in [0.25, 0.3) is 54.8 Å². The molecule has 7 amide bonds. The van der Waals surface area contributed by atoms with Crippen LogP contribution in [0.4, 0.5) is 52.2 Å². The molecule has 676 valence electrons. The highest BCUT2D eigenvalue weighted by atomic mass is 32.2. The second-order valence-corrected chi connectivity index (χ2v) is 42.4. The van der Waals surface area contributed by atoms with Gasteiger partial charge in [-0.1, -0.05) is 24.3 Å². The fraction of sp³-hybridized carbons (Fsp3) is 0.270. The molecule has 6 aliphatic heterocycles. The quantitative estimate of drug-likeness (QED) is 0.0472. The molecule has 0 aliphatic carbocycles. The maximum Gasteiger partial charge on any atom is 0.264 e. The number of amides is 7. The Bertz CT molecular complexity index is 6880. The number of primary sulfonamides is 2. The molecule has 9 N–H and O–H groups in total. The first-order chi connectivity index (χ1) is 62.7. The van der Waals surface area contributed by atoms with Crippen LogP contribution < -0.4 is 36.9 Å². The number of hydrogen-bond donors (Lipinski definition) is 7. The second-order valence-electron chi connectivity index (χ2n) is 31.7. The minimum absolute atomic E-state index is 0.00124. The maximum atomic E-state index is 13.2. The highest BCUT2D eigenvalue weighted by Crippen LogP contribution is 2.48. The summed E-state index contributed by atoms with van der Waals surface area (Å²) in [6, 6.07) is 38.1. The van der Waals surface area contributed by atoms with E-state index >= 15 is 0 Å². The summed E-state index contributed by atoms with van der Waals surface area (Å²) in [6.45, 7) is 17.8. The van der Waals surface area contributed by atoms with Crippen molar-refractivity contribution in [3.8, 4) is 33.8 Å². The monoisotopic (exact) mass is 1930 g/mol. The Kier molecular flexibility index (Phi) is 27.9. The number of rotatable bonds is 16. The molecule has 13 aromatic rings. The van der Waals surface area contributed by atoms with Gasteiger partial charge in [0, 0.05) is 235 Å². The molecule has 6 aliphatic rings. The predicted molar refractivity (Wildman–Crippen MR) is 517 cm³/mol. The molecule has 131 heavy (non-hydrogen) atoms. The van der Waals surface area contributed by atoms with Gasteiger partial charge in [-0.15, -0.1) is 80.6 Å². The Morgan fingerprint density at radius 1 is 0.405 bits per heavy atom. The Morgan fingerprint density at radius 3 is 1.15 bits per heavy atom. The number of anilines is 9. The first-order valence-electron chi connectivity index (χ1n) is 41.4. The van der Waals surface area contributed by atoms with Crippen LogP contribution in [0.15, 0.2) is 177 Å². The molecule has 0 spiro atoms. The van der Waals surface area contributed by atoms with Gasteiger partial charge in [-0.05, 0) is 142 Å². The van der Waals surface area contributed by atoms with Gasteiger partial charge in [-0.2, -0.15) is 0 Å². The number of benzene rings is 5. The number of hydrogen-bond acceptors (Lipinski definition) is 31. The number of carbonyl (C=O) groups excluding carboxylic acids is 7. The molecule has 42 heteroatoms. The molecule has 8 aromatic heterocycles. The lowest BCUT2D eigenvalue weighted by atomic mass is 10.1. The van der Waals surface area contributed by atoms with Crippen LogP contribution in [-0.2, 0) is 63.0 Å². The van der Waals surface area contributed by atoms with E-state index < -0.39 is 20.0 Å². The number of sulfonamides is 2. The number of nitrogens with two attached hydrogens (primary N) is 2. The lowest BCUT2D eigenvalue weighted by molar-refractivity contribution is -0.131. The van der Waals surface area contributed by atoms with Gasteiger partial charge < -0.3 is 60.9 Å². The van der Waals surface area contributed by atoms with Crippen molar-refractivity contribution in [2.24, 2.45) is 10.3 Å². The standard InChI is InChI=1S/C24H24N6O3S2.C24H25N5O2S2.C22H22N6O4S3.C19H19N5O2S2/c1-14(31)26-16-4-3-5-17(10-16)27-24-25-12-20-22(28-24)18-11-19(35-21(18)13-34-20)23(33)30-8-6-29(7-9-30)15(2)32;1-14-8-15(2)10-17(9-14)26-24-25-12-20-22(27-24)18-11-19(33-21(18)13-32-20)23(31)29-6-4-28(5-7-29)16(3)30;1-13(29)27-5-7-28(8-6-27)21(30)17-10-16-19(34-17)12-33-18-11-24-22(26-20(16)18)25-14-3-2-4-15(9-14)35(23,31)32;1-24(2)11-14-9-16-17(27-14)7-6-12-10-21-19(23-18(12)16)22-13-4-3-5-15(8-13)28(20,25)26/h3-5,10-12H,6-9,13H2,1-2H3,(H,26,31)(H,25,27,28);8-12H,4-7,13H2,1-3H3,(H,25,26,27);2-4,9-11H,5-8,12H2,1H3,(H2,23,31,32)(H,24,25,26);3-10H,11H2,1-2H3,(H2,20,25,26)(H,21,22,23). The molecule has 33 nitrogen and oxygen atoms in total. The molecule has 14 heterocycles. The molecule has 5 aromatic carbocycles. The first kappa shape index (κ1) is 92.3. The lowest BCUT2D eigenvalue weighted by Gasteiger charge is -2.33. The van der Waals surface area contributed by atoms with Crippen molar-refractivity contribution in [3.63, 3.8) is 0 Å². The molecular formula is C89H90N22O11S9. The minimum Gasteiger partial charge on any atom is -0.339 e. The molecule has 19 rings (SSSR count). The van der Waals surface area contributed by atoms with Crippen molar-refractivity contribution >= 4 is 215 Å². The molecule has 0 atom stereocenters. The van der Waals surface area contributed by atoms with Crippen molar-refractivity contribution in [2.75, 3.05) is 119 Å². The number of carbonyl (C=O) groups is 7. The SMILES string of the molecule is CC(=O)N1CCN(C(=O)c2cc3c(s2)CSc2cnc(Nc4cc(C)cc(C)c4)nc2-3)CC1.CC(=O)N1CCN(C(=O)c2cc3c(s2)CSc2cnc(Nc4cccc(S(N)(=O)=O)c4)nc2-3)CC1.CC(=O)Nc1cccc(Nc2ncc3c(n2)-c2cc(C(=O)N4CCN(C(C)=O)CC4)sc2CS3)c1.CN(C)Cc1cc2c(ccc3cnc(Nc4cccc(S(N)(=O)=O)c4)nc32)s1. The zero-order chi connectivity index (χ0) is 92.3. The third-order valence-electron chi connectivity index (χ3n) is 21.7. The van der Waals surface area contributed by atoms with E-state index in [9.17, 15) is 50.4 Å². The minimum atomic E-state index is -3.83. The highest BCUT2D eigenvalue weighted by Gasteiger charge is 2.34. The van der Waals surface area contributed by atoms with Crippen LogP contribution in [0.2, 0.25) is 0 Å². The van der Waals surface area contributed by atoms with Gasteiger partial charge in [0.25, 0.3) is 17.7 Å². The number of nitrogens with zero attached hydrogens (tertiary/aromatic N) is 15. The smallest absolute Gasteiger partial charge is 0.264 e. The Morgan fingerprint density at radius 2 is 0.763 bits per heavy atom. The topological polar surface area (TPSA) is 426 Å². The largest absolute Gasteiger partial charge is 0.339 e. The third-order valence-corrected chi connectivity index (χ3v) is 31.7. The van der Waals surface area contributed by atoms with E-state index in [1.807, 2.05) is 78.6 Å². The fourth-order valence-electron chi connectivity index (χ4n) is 15.3. The van der Waals surface area contributed by atoms with Gasteiger partial charge in [-0.25, -0.2) is 67.0 Å². The predicted octanol–water partition coefficient (Wildman–Crippen LogP) is 14.1. The average Bonchev–Trinajstić information content (AvgIpc) is 1.66. The normalized spacial score (nSPS) is 14.4. The zero-order valence-corrected chi connectivity index (χ0v) is 79.6.